The molecular formula is C12H21N3. The minimum Gasteiger partial charge on any atom is -0.322 e. The fourth-order valence-electron chi connectivity index (χ4n) is 2.63. The van der Waals surface area contributed by atoms with Crippen molar-refractivity contribution >= 4 is 0 Å². The third-order valence-electron chi connectivity index (χ3n) is 3.80. The van der Waals surface area contributed by atoms with Crippen LogP contribution in [0.1, 0.15) is 50.8 Å². The van der Waals surface area contributed by atoms with Crippen molar-refractivity contribution in [2.75, 3.05) is 0 Å². The van der Waals surface area contributed by atoms with Crippen LogP contribution in [0.25, 0.3) is 0 Å². The molecule has 1 fully saturated rings. The van der Waals surface area contributed by atoms with Crippen molar-refractivity contribution in [2.45, 2.75) is 45.1 Å². The van der Waals surface area contributed by atoms with Crippen molar-refractivity contribution in [1.82, 2.24) is 9.78 Å². The van der Waals surface area contributed by atoms with E-state index < -0.39 is 0 Å². The topological polar surface area (TPSA) is 43.8 Å². The zero-order valence-corrected chi connectivity index (χ0v) is 9.74. The van der Waals surface area contributed by atoms with E-state index in [4.69, 9.17) is 5.73 Å². The molecule has 0 amide bonds. The van der Waals surface area contributed by atoms with Crippen LogP contribution in [0.2, 0.25) is 0 Å². The Labute approximate surface area is 91.7 Å². The van der Waals surface area contributed by atoms with Crippen LogP contribution >= 0.6 is 0 Å². The number of aryl methyl sites for hydroxylation is 1. The first-order valence-electron chi connectivity index (χ1n) is 5.87. The van der Waals surface area contributed by atoms with Crippen LogP contribution in [0.15, 0.2) is 12.3 Å². The molecule has 1 aliphatic carbocycles. The summed E-state index contributed by atoms with van der Waals surface area (Å²) < 4.78 is 1.83. The fourth-order valence-corrected chi connectivity index (χ4v) is 2.63. The number of hydrogen-bond acceptors (Lipinski definition) is 2. The van der Waals surface area contributed by atoms with Crippen LogP contribution in [-0.4, -0.2) is 9.78 Å². The van der Waals surface area contributed by atoms with Crippen molar-refractivity contribution < 1.29 is 0 Å². The lowest BCUT2D eigenvalue weighted by molar-refractivity contribution is 0.167. The molecule has 2 rings (SSSR count). The molecule has 1 unspecified atom stereocenters. The number of nitrogens with two attached hydrogens (primary N) is 1. The van der Waals surface area contributed by atoms with Gasteiger partial charge in [-0.2, -0.15) is 5.10 Å². The van der Waals surface area contributed by atoms with Gasteiger partial charge in [0.2, 0.25) is 0 Å². The molecule has 1 atom stereocenters. The lowest BCUT2D eigenvalue weighted by atomic mass is 9.70. The van der Waals surface area contributed by atoms with Gasteiger partial charge in [0.25, 0.3) is 0 Å². The number of nitrogens with zero attached hydrogens (tertiary/aromatic N) is 2. The van der Waals surface area contributed by atoms with Crippen LogP contribution in [-0.2, 0) is 7.05 Å². The molecule has 0 bridgehead atoms. The van der Waals surface area contributed by atoms with Crippen LogP contribution in [0.4, 0.5) is 0 Å². The molecule has 0 aromatic carbocycles. The van der Waals surface area contributed by atoms with Gasteiger partial charge in [-0.05, 0) is 24.3 Å². The summed E-state index contributed by atoms with van der Waals surface area (Å²) in [6, 6.07) is 2.14. The molecule has 1 aromatic heterocycles. The van der Waals surface area contributed by atoms with Crippen LogP contribution in [0.3, 0.4) is 0 Å². The summed E-state index contributed by atoms with van der Waals surface area (Å²) in [6.45, 7) is 2.31. The first-order valence-corrected chi connectivity index (χ1v) is 5.87. The lowest BCUT2D eigenvalue weighted by Crippen LogP contribution is -2.34. The molecule has 15 heavy (non-hydrogen) atoms. The maximum atomic E-state index is 6.34. The van der Waals surface area contributed by atoms with Crippen molar-refractivity contribution in [3.8, 4) is 0 Å². The summed E-state index contributed by atoms with van der Waals surface area (Å²) >= 11 is 0. The van der Waals surface area contributed by atoms with E-state index in [2.05, 4.69) is 12.0 Å². The van der Waals surface area contributed by atoms with E-state index >= 15 is 0 Å². The van der Waals surface area contributed by atoms with E-state index in [9.17, 15) is 0 Å². The van der Waals surface area contributed by atoms with Gasteiger partial charge < -0.3 is 5.73 Å². The Balaban J connectivity index is 2.15. The highest BCUT2D eigenvalue weighted by Crippen LogP contribution is 2.43. The summed E-state index contributed by atoms with van der Waals surface area (Å²) in [5, 5.41) is 4.42. The smallest absolute Gasteiger partial charge is 0.0797 e. The van der Waals surface area contributed by atoms with Gasteiger partial charge in [-0.3, -0.25) is 4.68 Å². The minimum atomic E-state index is 0.0963. The first-order chi connectivity index (χ1) is 7.12. The van der Waals surface area contributed by atoms with Gasteiger partial charge in [-0.15, -0.1) is 0 Å². The third kappa shape index (κ3) is 2.07. The molecule has 1 saturated carbocycles. The van der Waals surface area contributed by atoms with Gasteiger partial charge in [-0.1, -0.05) is 26.2 Å². The molecular weight excluding hydrogens is 186 g/mol. The van der Waals surface area contributed by atoms with Crippen LogP contribution in [0, 0.1) is 5.41 Å². The van der Waals surface area contributed by atoms with E-state index in [-0.39, 0.29) is 11.5 Å². The van der Waals surface area contributed by atoms with Crippen molar-refractivity contribution in [1.29, 1.82) is 0 Å². The highest BCUT2D eigenvalue weighted by molar-refractivity contribution is 5.09. The largest absolute Gasteiger partial charge is 0.322 e. The quantitative estimate of drug-likeness (QED) is 0.809. The molecule has 0 radical (unpaired) electrons. The SMILES string of the molecule is Cn1ccc(C(N)C2(C)CCCCC2)n1. The predicted molar refractivity (Wildman–Crippen MR) is 61.3 cm³/mol. The summed E-state index contributed by atoms with van der Waals surface area (Å²) in [7, 11) is 1.94. The van der Waals surface area contributed by atoms with Gasteiger partial charge in [0.1, 0.15) is 0 Å². The monoisotopic (exact) mass is 207 g/mol. The van der Waals surface area contributed by atoms with Crippen molar-refractivity contribution in [3.63, 3.8) is 0 Å². The van der Waals surface area contributed by atoms with Gasteiger partial charge in [-0.25, -0.2) is 0 Å². The molecule has 0 saturated heterocycles. The standard InChI is InChI=1S/C12H21N3/c1-12(7-4-3-5-8-12)11(13)10-6-9-15(2)14-10/h6,9,11H,3-5,7-8,13H2,1-2H3. The number of hydrogen-bond donors (Lipinski definition) is 1. The minimum absolute atomic E-state index is 0.0963. The zero-order chi connectivity index (χ0) is 10.9. The Hall–Kier alpha value is -0.830. The average molecular weight is 207 g/mol. The Morgan fingerprint density at radius 3 is 2.60 bits per heavy atom. The van der Waals surface area contributed by atoms with E-state index in [1.165, 1.54) is 32.1 Å². The Morgan fingerprint density at radius 2 is 2.07 bits per heavy atom. The van der Waals surface area contributed by atoms with Gasteiger partial charge in [0.05, 0.1) is 11.7 Å². The molecule has 0 spiro atoms. The summed E-state index contributed by atoms with van der Waals surface area (Å²) in [6.07, 6.45) is 8.45. The highest BCUT2D eigenvalue weighted by atomic mass is 15.3. The molecule has 1 heterocycles. The fraction of sp³-hybridized carbons (Fsp3) is 0.750. The molecule has 2 N–H and O–H groups in total. The summed E-state index contributed by atoms with van der Waals surface area (Å²) in [5.41, 5.74) is 7.64. The van der Waals surface area contributed by atoms with Crippen LogP contribution in [0.5, 0.6) is 0 Å². The maximum Gasteiger partial charge on any atom is 0.0797 e. The second kappa shape index (κ2) is 3.97. The Morgan fingerprint density at radius 1 is 1.40 bits per heavy atom. The third-order valence-corrected chi connectivity index (χ3v) is 3.80. The summed E-state index contributed by atoms with van der Waals surface area (Å²) in [4.78, 5) is 0. The molecule has 84 valence electrons. The molecule has 1 aromatic rings. The second-order valence-electron chi connectivity index (χ2n) is 5.11. The van der Waals surface area contributed by atoms with E-state index in [0.29, 0.717) is 0 Å². The maximum absolute atomic E-state index is 6.34. The van der Waals surface area contributed by atoms with Crippen LogP contribution < -0.4 is 5.73 Å². The first kappa shape index (κ1) is 10.7. The molecule has 3 heteroatoms. The van der Waals surface area contributed by atoms with Gasteiger partial charge in [0, 0.05) is 13.2 Å². The number of aromatic nitrogens is 2. The molecule has 0 aliphatic heterocycles. The van der Waals surface area contributed by atoms with E-state index in [1.54, 1.807) is 0 Å². The number of rotatable bonds is 2. The van der Waals surface area contributed by atoms with Gasteiger partial charge >= 0.3 is 0 Å². The van der Waals surface area contributed by atoms with E-state index in [1.807, 2.05) is 24.0 Å². The van der Waals surface area contributed by atoms with Crippen molar-refractivity contribution in [2.24, 2.45) is 18.2 Å². The Bertz CT molecular complexity index is 323. The van der Waals surface area contributed by atoms with Gasteiger partial charge in [0.15, 0.2) is 0 Å². The normalized spacial score (nSPS) is 22.6. The molecule has 1 aliphatic rings. The highest BCUT2D eigenvalue weighted by Gasteiger charge is 2.35. The summed E-state index contributed by atoms with van der Waals surface area (Å²) in [5.74, 6) is 0. The molecule has 3 nitrogen and oxygen atoms in total. The second-order valence-corrected chi connectivity index (χ2v) is 5.11. The zero-order valence-electron chi connectivity index (χ0n) is 9.74. The Kier molecular flexibility index (Phi) is 2.83. The van der Waals surface area contributed by atoms with Crippen molar-refractivity contribution in [3.05, 3.63) is 18.0 Å². The van der Waals surface area contributed by atoms with E-state index in [0.717, 1.165) is 5.69 Å². The average Bonchev–Trinajstić information content (AvgIpc) is 2.65. The lowest BCUT2D eigenvalue weighted by Gasteiger charge is -2.38. The predicted octanol–water partition coefficient (Wildman–Crippen LogP) is 2.39.